The molecule has 1 aromatic carbocycles. The van der Waals surface area contributed by atoms with Gasteiger partial charge in [0.05, 0.1) is 6.10 Å². The molecule has 120 valence electrons. The second-order valence-corrected chi connectivity index (χ2v) is 13.2. The molecule has 1 unspecified atom stereocenters. The Hall–Kier alpha value is -1.13. The van der Waals surface area contributed by atoms with E-state index in [2.05, 4.69) is 41.5 Å². The smallest absolute Gasteiger partial charge is 0.410 e. The number of hydrogen-bond acceptors (Lipinski definition) is 3. The number of rotatable bonds is 0. The minimum absolute atomic E-state index is 0.00256. The Labute approximate surface area is 134 Å². The Morgan fingerprint density at radius 2 is 1.73 bits per heavy atom. The van der Waals surface area contributed by atoms with Crippen molar-refractivity contribution < 1.29 is 13.6 Å². The minimum Gasteiger partial charge on any atom is -0.519 e. The molecule has 2 aliphatic rings. The van der Waals surface area contributed by atoms with Crippen molar-refractivity contribution in [2.45, 2.75) is 70.6 Å². The van der Waals surface area contributed by atoms with Gasteiger partial charge in [-0.15, -0.1) is 0 Å². The molecule has 0 bridgehead atoms. The van der Waals surface area contributed by atoms with Crippen molar-refractivity contribution in [2.24, 2.45) is 0 Å². The van der Waals surface area contributed by atoms with Crippen LogP contribution < -0.4 is 4.43 Å². The number of carbonyl (C=O) groups excluding carboxylic acids is 1. The fourth-order valence-electron chi connectivity index (χ4n) is 4.03. The van der Waals surface area contributed by atoms with Crippen molar-refractivity contribution in [3.63, 3.8) is 0 Å². The zero-order valence-electron chi connectivity index (χ0n) is 14.4. The number of carbonyl (C=O) groups is 1. The van der Waals surface area contributed by atoms with Crippen LogP contribution in [-0.2, 0) is 4.43 Å². The molecule has 0 amide bonds. The maximum absolute atomic E-state index is 12.2. The van der Waals surface area contributed by atoms with E-state index in [9.17, 15) is 4.79 Å². The predicted octanol–water partition coefficient (Wildman–Crippen LogP) is 5.16. The molecular formula is C18H26O3Si. The summed E-state index contributed by atoms with van der Waals surface area (Å²) >= 11 is 0. The first-order chi connectivity index (χ1) is 10.1. The lowest BCUT2D eigenvalue weighted by Gasteiger charge is -2.53. The monoisotopic (exact) mass is 318 g/mol. The first-order valence-electron chi connectivity index (χ1n) is 8.10. The highest BCUT2D eigenvalue weighted by molar-refractivity contribution is 6.74. The van der Waals surface area contributed by atoms with E-state index in [1.54, 1.807) is 0 Å². The molecule has 3 nitrogen and oxygen atoms in total. The molecule has 0 radical (unpaired) electrons. The van der Waals surface area contributed by atoms with E-state index in [1.165, 1.54) is 0 Å². The van der Waals surface area contributed by atoms with E-state index >= 15 is 0 Å². The van der Waals surface area contributed by atoms with Gasteiger partial charge in [0.1, 0.15) is 5.75 Å². The summed E-state index contributed by atoms with van der Waals surface area (Å²) in [5, 5.41) is -0.110. The normalized spacial score (nSPS) is 23.7. The molecule has 1 aliphatic carbocycles. The van der Waals surface area contributed by atoms with Crippen molar-refractivity contribution in [2.75, 3.05) is 0 Å². The van der Waals surface area contributed by atoms with Crippen LogP contribution in [0.2, 0.25) is 10.1 Å². The van der Waals surface area contributed by atoms with Gasteiger partial charge in [0.15, 0.2) is 5.78 Å². The van der Waals surface area contributed by atoms with Crippen LogP contribution in [0.25, 0.3) is 0 Å². The second-order valence-electron chi connectivity index (χ2n) is 8.50. The average Bonchev–Trinajstić information content (AvgIpc) is 2.40. The first-order valence-corrected chi connectivity index (χ1v) is 9.91. The van der Waals surface area contributed by atoms with Gasteiger partial charge in [-0.25, -0.2) is 0 Å². The number of benzene rings is 1. The molecule has 0 fully saturated rings. The van der Waals surface area contributed by atoms with Gasteiger partial charge in [-0.05, 0) is 12.5 Å². The molecule has 0 saturated carbocycles. The quantitative estimate of drug-likeness (QED) is 0.620. The SMILES string of the molecule is CC(C)(C)[Si]1(C(C)(C)C)Oc2cccc3c2C(CCC3=O)O1. The Kier molecular flexibility index (Phi) is 3.35. The van der Waals surface area contributed by atoms with Crippen LogP contribution in [0.15, 0.2) is 18.2 Å². The largest absolute Gasteiger partial charge is 0.519 e. The molecule has 3 rings (SSSR count). The summed E-state index contributed by atoms with van der Waals surface area (Å²) < 4.78 is 13.3. The zero-order valence-corrected chi connectivity index (χ0v) is 15.4. The molecule has 0 spiro atoms. The van der Waals surface area contributed by atoms with Crippen molar-refractivity contribution in [1.29, 1.82) is 0 Å². The van der Waals surface area contributed by atoms with E-state index in [4.69, 9.17) is 8.85 Å². The molecule has 1 aromatic rings. The highest BCUT2D eigenvalue weighted by Gasteiger charge is 2.63. The van der Waals surface area contributed by atoms with Crippen LogP contribution in [-0.4, -0.2) is 14.3 Å². The second kappa shape index (κ2) is 4.68. The summed E-state index contributed by atoms with van der Waals surface area (Å²) in [5.41, 5.74) is 1.77. The molecule has 4 heteroatoms. The highest BCUT2D eigenvalue weighted by atomic mass is 28.4. The predicted molar refractivity (Wildman–Crippen MR) is 89.6 cm³/mol. The van der Waals surface area contributed by atoms with E-state index < -0.39 is 8.56 Å². The summed E-state index contributed by atoms with van der Waals surface area (Å²) in [6.07, 6.45) is 1.34. The van der Waals surface area contributed by atoms with Gasteiger partial charge < -0.3 is 8.85 Å². The highest BCUT2D eigenvalue weighted by Crippen LogP contribution is 2.58. The molecule has 0 N–H and O–H groups in total. The summed E-state index contributed by atoms with van der Waals surface area (Å²) in [6.45, 7) is 13.3. The van der Waals surface area contributed by atoms with Crippen LogP contribution in [0.5, 0.6) is 5.75 Å². The van der Waals surface area contributed by atoms with Crippen molar-refractivity contribution in [3.8, 4) is 5.75 Å². The fourth-order valence-corrected chi connectivity index (χ4v) is 8.77. The number of Topliss-reactive ketones (excluding diaryl/α,β-unsaturated/α-hetero) is 1. The molecule has 1 atom stereocenters. The minimum atomic E-state index is -2.54. The van der Waals surface area contributed by atoms with Crippen molar-refractivity contribution in [3.05, 3.63) is 29.3 Å². The van der Waals surface area contributed by atoms with Crippen LogP contribution >= 0.6 is 0 Å². The number of hydrogen-bond donors (Lipinski definition) is 0. The average molecular weight is 318 g/mol. The lowest BCUT2D eigenvalue weighted by Crippen LogP contribution is -2.62. The van der Waals surface area contributed by atoms with E-state index in [-0.39, 0.29) is 22.0 Å². The third-order valence-electron chi connectivity index (χ3n) is 4.86. The summed E-state index contributed by atoms with van der Waals surface area (Å²) in [5.74, 6) is 1.08. The first kappa shape index (κ1) is 15.8. The number of ketones is 1. The Morgan fingerprint density at radius 3 is 2.32 bits per heavy atom. The third-order valence-corrected chi connectivity index (χ3v) is 9.93. The van der Waals surface area contributed by atoms with Crippen molar-refractivity contribution >= 4 is 14.3 Å². The third kappa shape index (κ3) is 2.08. The van der Waals surface area contributed by atoms with Crippen LogP contribution in [0.4, 0.5) is 0 Å². The summed E-state index contributed by atoms with van der Waals surface area (Å²) in [4.78, 5) is 12.2. The topological polar surface area (TPSA) is 35.5 Å². The lowest BCUT2D eigenvalue weighted by molar-refractivity contribution is 0.0718. The fraction of sp³-hybridized carbons (Fsp3) is 0.611. The van der Waals surface area contributed by atoms with Gasteiger partial charge in [0.2, 0.25) is 0 Å². The van der Waals surface area contributed by atoms with Gasteiger partial charge in [0.25, 0.3) is 0 Å². The van der Waals surface area contributed by atoms with Gasteiger partial charge >= 0.3 is 8.56 Å². The molecule has 0 saturated heterocycles. The van der Waals surface area contributed by atoms with Gasteiger partial charge in [-0.3, -0.25) is 4.79 Å². The Bertz CT molecular complexity index is 608. The van der Waals surface area contributed by atoms with Crippen LogP contribution in [0.3, 0.4) is 0 Å². The van der Waals surface area contributed by atoms with Crippen LogP contribution in [0.1, 0.15) is 76.4 Å². The maximum Gasteiger partial charge on any atom is 0.410 e. The van der Waals surface area contributed by atoms with Gasteiger partial charge in [0, 0.05) is 27.6 Å². The van der Waals surface area contributed by atoms with E-state index in [0.29, 0.717) is 6.42 Å². The molecule has 1 aliphatic heterocycles. The Balaban J connectivity index is 2.20. The van der Waals surface area contributed by atoms with Crippen molar-refractivity contribution in [1.82, 2.24) is 0 Å². The zero-order chi connectivity index (χ0) is 16.3. The maximum atomic E-state index is 12.2. The van der Waals surface area contributed by atoms with E-state index in [1.807, 2.05) is 18.2 Å². The molecule has 0 aromatic heterocycles. The molecule has 1 heterocycles. The van der Waals surface area contributed by atoms with Gasteiger partial charge in [-0.2, -0.15) is 0 Å². The standard InChI is InChI=1S/C18H26O3Si/c1-17(2,3)22(18(4,5)6)20-14-9-7-8-12-13(19)10-11-15(21-22)16(12)14/h7-9,15H,10-11H2,1-6H3. The molecule has 22 heavy (non-hydrogen) atoms. The molecular weight excluding hydrogens is 292 g/mol. The summed E-state index contributed by atoms with van der Waals surface area (Å²) in [6, 6.07) is 5.85. The van der Waals surface area contributed by atoms with Gasteiger partial charge in [-0.1, -0.05) is 53.7 Å². The van der Waals surface area contributed by atoms with Crippen LogP contribution in [0, 0.1) is 0 Å². The van der Waals surface area contributed by atoms with E-state index in [0.717, 1.165) is 23.3 Å². The summed E-state index contributed by atoms with van der Waals surface area (Å²) in [7, 11) is -2.54. The Morgan fingerprint density at radius 1 is 1.09 bits per heavy atom. The lowest BCUT2D eigenvalue weighted by atomic mass is 9.88.